The van der Waals surface area contributed by atoms with Crippen LogP contribution in [0.15, 0.2) is 42.5 Å². The second-order valence-corrected chi connectivity index (χ2v) is 11.1. The maximum atomic E-state index is 13.4. The van der Waals surface area contributed by atoms with Crippen molar-refractivity contribution in [1.29, 1.82) is 0 Å². The number of hydrogen-bond donors (Lipinski definition) is 0. The van der Waals surface area contributed by atoms with E-state index in [4.69, 9.17) is 28.2 Å². The van der Waals surface area contributed by atoms with Crippen molar-refractivity contribution in [2.24, 2.45) is 5.92 Å². The summed E-state index contributed by atoms with van der Waals surface area (Å²) in [5.74, 6) is 1.15. The first-order valence-corrected chi connectivity index (χ1v) is 13.8. The molecule has 9 heteroatoms. The summed E-state index contributed by atoms with van der Waals surface area (Å²) in [6, 6.07) is 13.5. The van der Waals surface area contributed by atoms with Gasteiger partial charge in [-0.1, -0.05) is 35.3 Å². The number of piperazine rings is 1. The van der Waals surface area contributed by atoms with Crippen molar-refractivity contribution >= 4 is 46.0 Å². The number of amides is 2. The minimum absolute atomic E-state index is 0.0250. The van der Waals surface area contributed by atoms with Crippen LogP contribution in [0.1, 0.15) is 48.9 Å². The second kappa shape index (κ2) is 11.0. The lowest BCUT2D eigenvalue weighted by molar-refractivity contribution is -0.139. The summed E-state index contributed by atoms with van der Waals surface area (Å²) >= 11 is 12.1. The number of imidazole rings is 1. The molecule has 2 aromatic carbocycles. The standard InChI is InChI=1S/C28H33Cl2N5O2/c1-19(2)35-25-8-4-3-7-24(25)31-26(35)18-32-11-5-6-21(17-32)28(37)34-14-12-33(13-15-34)27(36)20-9-10-22(29)23(30)16-20/h3-4,7-10,16,19,21H,5-6,11-15,17-18H2,1-2H3/t21-/m1/s1. The largest absolute Gasteiger partial charge is 0.339 e. The second-order valence-electron chi connectivity index (χ2n) is 10.3. The fourth-order valence-electron chi connectivity index (χ4n) is 5.58. The van der Waals surface area contributed by atoms with E-state index in [0.29, 0.717) is 47.8 Å². The third kappa shape index (κ3) is 5.49. The molecule has 3 aromatic rings. The average molecular weight is 543 g/mol. The lowest BCUT2D eigenvalue weighted by atomic mass is 9.96. The summed E-state index contributed by atoms with van der Waals surface area (Å²) in [6.45, 7) is 8.94. The highest BCUT2D eigenvalue weighted by Gasteiger charge is 2.32. The van der Waals surface area contributed by atoms with Crippen molar-refractivity contribution in [3.05, 3.63) is 63.9 Å². The van der Waals surface area contributed by atoms with E-state index in [1.54, 1.807) is 23.1 Å². The molecule has 1 atom stereocenters. The zero-order valence-electron chi connectivity index (χ0n) is 21.4. The molecule has 37 heavy (non-hydrogen) atoms. The van der Waals surface area contributed by atoms with Crippen LogP contribution in [-0.4, -0.2) is 75.3 Å². The van der Waals surface area contributed by atoms with Gasteiger partial charge in [-0.05, 0) is 63.6 Å². The number of piperidine rings is 1. The van der Waals surface area contributed by atoms with E-state index in [2.05, 4.69) is 41.5 Å². The van der Waals surface area contributed by atoms with E-state index in [0.717, 1.165) is 49.3 Å². The van der Waals surface area contributed by atoms with E-state index in [1.165, 1.54) is 0 Å². The molecule has 0 bridgehead atoms. The van der Waals surface area contributed by atoms with Crippen LogP contribution >= 0.6 is 23.2 Å². The lowest BCUT2D eigenvalue weighted by Crippen LogP contribution is -2.53. The molecule has 2 aliphatic rings. The van der Waals surface area contributed by atoms with Crippen LogP contribution in [0.3, 0.4) is 0 Å². The highest BCUT2D eigenvalue weighted by molar-refractivity contribution is 6.42. The van der Waals surface area contributed by atoms with E-state index < -0.39 is 0 Å². The van der Waals surface area contributed by atoms with Gasteiger partial charge in [0.25, 0.3) is 5.91 Å². The molecule has 0 saturated carbocycles. The van der Waals surface area contributed by atoms with Gasteiger partial charge in [-0.15, -0.1) is 0 Å². The maximum absolute atomic E-state index is 13.4. The molecule has 0 spiro atoms. The Kier molecular flexibility index (Phi) is 7.75. The van der Waals surface area contributed by atoms with Gasteiger partial charge < -0.3 is 14.4 Å². The molecular weight excluding hydrogens is 509 g/mol. The van der Waals surface area contributed by atoms with Gasteiger partial charge in [-0.2, -0.15) is 0 Å². The number of likely N-dealkylation sites (tertiary alicyclic amines) is 1. The van der Waals surface area contributed by atoms with Crippen molar-refractivity contribution in [1.82, 2.24) is 24.3 Å². The van der Waals surface area contributed by atoms with Crippen molar-refractivity contribution in [2.75, 3.05) is 39.3 Å². The van der Waals surface area contributed by atoms with Crippen LogP contribution in [0.5, 0.6) is 0 Å². The van der Waals surface area contributed by atoms with E-state index in [1.807, 2.05) is 11.0 Å². The SMILES string of the molecule is CC(C)n1c(CN2CCC[C@@H](C(=O)N3CCN(C(=O)c4ccc(Cl)c(Cl)c4)CC3)C2)nc2ccccc21. The van der Waals surface area contributed by atoms with E-state index in [9.17, 15) is 9.59 Å². The third-order valence-electron chi connectivity index (χ3n) is 7.45. The van der Waals surface area contributed by atoms with E-state index >= 15 is 0 Å². The van der Waals surface area contributed by atoms with Gasteiger partial charge in [-0.3, -0.25) is 14.5 Å². The first-order valence-electron chi connectivity index (χ1n) is 13.0. The molecule has 2 fully saturated rings. The summed E-state index contributed by atoms with van der Waals surface area (Å²) in [5, 5.41) is 0.795. The number of hydrogen-bond acceptors (Lipinski definition) is 4. The number of benzene rings is 2. The van der Waals surface area contributed by atoms with Gasteiger partial charge in [0.15, 0.2) is 0 Å². The van der Waals surface area contributed by atoms with Crippen molar-refractivity contribution in [2.45, 2.75) is 39.3 Å². The summed E-state index contributed by atoms with van der Waals surface area (Å²) < 4.78 is 2.31. The zero-order valence-corrected chi connectivity index (χ0v) is 22.9. The molecule has 2 saturated heterocycles. The summed E-state index contributed by atoms with van der Waals surface area (Å²) in [7, 11) is 0. The van der Waals surface area contributed by atoms with Crippen LogP contribution in [0.2, 0.25) is 10.0 Å². The fraction of sp³-hybridized carbons (Fsp3) is 0.464. The predicted molar refractivity (Wildman–Crippen MR) is 147 cm³/mol. The number of halogens is 2. The normalized spacial score (nSPS) is 19.1. The number of nitrogens with zero attached hydrogens (tertiary/aromatic N) is 5. The molecule has 0 unspecified atom stereocenters. The first-order chi connectivity index (χ1) is 17.8. The lowest BCUT2D eigenvalue weighted by Gasteiger charge is -2.39. The highest BCUT2D eigenvalue weighted by Crippen LogP contribution is 2.26. The predicted octanol–water partition coefficient (Wildman–Crippen LogP) is 5.12. The quantitative estimate of drug-likeness (QED) is 0.449. The van der Waals surface area contributed by atoms with E-state index in [-0.39, 0.29) is 17.7 Å². The Morgan fingerprint density at radius 3 is 2.43 bits per heavy atom. The van der Waals surface area contributed by atoms with Crippen LogP contribution < -0.4 is 0 Å². The molecule has 1 aromatic heterocycles. The van der Waals surface area contributed by atoms with Crippen molar-refractivity contribution in [3.8, 4) is 0 Å². The third-order valence-corrected chi connectivity index (χ3v) is 8.19. The minimum atomic E-state index is -0.0810. The van der Waals surface area contributed by atoms with Crippen LogP contribution in [0.4, 0.5) is 0 Å². The van der Waals surface area contributed by atoms with Gasteiger partial charge in [0.1, 0.15) is 5.82 Å². The van der Waals surface area contributed by atoms with Crippen LogP contribution in [0.25, 0.3) is 11.0 Å². The zero-order chi connectivity index (χ0) is 26.1. The number of para-hydroxylation sites is 2. The molecule has 7 nitrogen and oxygen atoms in total. The number of carbonyl (C=O) groups is 2. The molecule has 196 valence electrons. The molecule has 0 aliphatic carbocycles. The molecule has 0 N–H and O–H groups in total. The number of carbonyl (C=O) groups excluding carboxylic acids is 2. The van der Waals surface area contributed by atoms with Gasteiger partial charge in [0.05, 0.1) is 33.5 Å². The smallest absolute Gasteiger partial charge is 0.254 e. The molecule has 5 rings (SSSR count). The molecule has 3 heterocycles. The van der Waals surface area contributed by atoms with Crippen molar-refractivity contribution < 1.29 is 9.59 Å². The minimum Gasteiger partial charge on any atom is -0.339 e. The topological polar surface area (TPSA) is 61.7 Å². The molecule has 2 aliphatic heterocycles. The fourth-order valence-corrected chi connectivity index (χ4v) is 5.88. The monoisotopic (exact) mass is 541 g/mol. The van der Waals surface area contributed by atoms with Gasteiger partial charge >= 0.3 is 0 Å². The summed E-state index contributed by atoms with van der Waals surface area (Å²) in [6.07, 6.45) is 1.90. The Balaban J connectivity index is 1.19. The van der Waals surface area contributed by atoms with Crippen LogP contribution in [-0.2, 0) is 11.3 Å². The Bertz CT molecular complexity index is 1300. The summed E-state index contributed by atoms with van der Waals surface area (Å²) in [5.41, 5.74) is 2.69. The Morgan fingerprint density at radius 2 is 1.70 bits per heavy atom. The number of rotatable bonds is 5. The number of fused-ring (bicyclic) bond motifs is 1. The molecule has 2 amide bonds. The average Bonchev–Trinajstić information content (AvgIpc) is 3.27. The Labute approximate surface area is 227 Å². The van der Waals surface area contributed by atoms with Crippen LogP contribution in [0, 0.1) is 5.92 Å². The number of aromatic nitrogens is 2. The Morgan fingerprint density at radius 1 is 0.973 bits per heavy atom. The summed E-state index contributed by atoms with van der Waals surface area (Å²) in [4.78, 5) is 37.3. The molecule has 0 radical (unpaired) electrons. The van der Waals surface area contributed by atoms with Gasteiger partial charge in [0, 0.05) is 44.3 Å². The van der Waals surface area contributed by atoms with Crippen molar-refractivity contribution in [3.63, 3.8) is 0 Å². The Hall–Kier alpha value is -2.61. The molecular formula is C28H33Cl2N5O2. The van der Waals surface area contributed by atoms with Gasteiger partial charge in [-0.25, -0.2) is 4.98 Å². The maximum Gasteiger partial charge on any atom is 0.254 e. The first kappa shape index (κ1) is 26.0. The highest BCUT2D eigenvalue weighted by atomic mass is 35.5. The van der Waals surface area contributed by atoms with Gasteiger partial charge in [0.2, 0.25) is 5.91 Å².